The number of nitrogens with one attached hydrogen (secondary N) is 1. The van der Waals surface area contributed by atoms with Crippen LogP contribution in [-0.4, -0.2) is 65.9 Å². The topological polar surface area (TPSA) is 36.3 Å². The largest absolute Gasteiger partial charge is 0.312 e. The maximum absolute atomic E-state index is 4.47. The van der Waals surface area contributed by atoms with Gasteiger partial charge in [0, 0.05) is 51.5 Å². The number of nitrogens with zero attached hydrogens (tertiary/aromatic N) is 4. The van der Waals surface area contributed by atoms with Crippen molar-refractivity contribution >= 4 is 0 Å². The van der Waals surface area contributed by atoms with Gasteiger partial charge in [-0.25, -0.2) is 0 Å². The summed E-state index contributed by atoms with van der Waals surface area (Å²) in [6.45, 7) is 10.3. The summed E-state index contributed by atoms with van der Waals surface area (Å²) in [5, 5.41) is 8.02. The smallest absolute Gasteiger partial charge is 0.0666 e. The van der Waals surface area contributed by atoms with Crippen LogP contribution in [0, 0.1) is 0 Å². The normalized spacial score (nSPS) is 17.8. The molecular formula is C15H29N5. The fourth-order valence-electron chi connectivity index (χ4n) is 2.75. The average Bonchev–Trinajstić information content (AvgIpc) is 2.81. The van der Waals surface area contributed by atoms with Crippen LogP contribution >= 0.6 is 0 Å². The second-order valence-electron chi connectivity index (χ2n) is 5.80. The summed E-state index contributed by atoms with van der Waals surface area (Å²) in [5.74, 6) is 0. The fourth-order valence-corrected chi connectivity index (χ4v) is 2.75. The van der Waals surface area contributed by atoms with Crippen molar-refractivity contribution in [3.05, 3.63) is 17.5 Å². The van der Waals surface area contributed by atoms with Crippen LogP contribution in [0.25, 0.3) is 0 Å². The highest BCUT2D eigenvalue weighted by Gasteiger charge is 2.12. The summed E-state index contributed by atoms with van der Waals surface area (Å²) in [6.07, 6.45) is 4.37. The van der Waals surface area contributed by atoms with E-state index < -0.39 is 0 Å². The quantitative estimate of drug-likeness (QED) is 0.746. The van der Waals surface area contributed by atoms with Gasteiger partial charge in [0.25, 0.3) is 0 Å². The van der Waals surface area contributed by atoms with E-state index in [1.165, 1.54) is 50.4 Å². The lowest BCUT2D eigenvalue weighted by Gasteiger charge is -2.32. The third kappa shape index (κ3) is 4.58. The number of hydrogen-bond acceptors (Lipinski definition) is 4. The Morgan fingerprint density at radius 1 is 1.20 bits per heavy atom. The van der Waals surface area contributed by atoms with E-state index in [0.29, 0.717) is 0 Å². The molecule has 114 valence electrons. The van der Waals surface area contributed by atoms with Crippen LogP contribution in [0.2, 0.25) is 0 Å². The minimum atomic E-state index is 0.944. The Labute approximate surface area is 122 Å². The van der Waals surface area contributed by atoms with E-state index in [2.05, 4.69) is 40.4 Å². The molecule has 0 radical (unpaired) electrons. The molecule has 1 aliphatic rings. The first-order valence-corrected chi connectivity index (χ1v) is 7.82. The average molecular weight is 279 g/mol. The van der Waals surface area contributed by atoms with Gasteiger partial charge in [-0.05, 0) is 33.0 Å². The molecule has 1 aliphatic heterocycles. The lowest BCUT2D eigenvalue weighted by Crippen LogP contribution is -2.45. The van der Waals surface area contributed by atoms with Crippen LogP contribution in [-0.2, 0) is 20.0 Å². The SMILES string of the molecule is CCc1nn(C)cc1CNCCCN1CCN(C)CC1. The Bertz CT molecular complexity index is 393. The summed E-state index contributed by atoms with van der Waals surface area (Å²) in [6, 6.07) is 0. The molecule has 20 heavy (non-hydrogen) atoms. The number of aromatic nitrogens is 2. The molecule has 0 spiro atoms. The summed E-state index contributed by atoms with van der Waals surface area (Å²) >= 11 is 0. The molecule has 0 saturated carbocycles. The molecular weight excluding hydrogens is 250 g/mol. The van der Waals surface area contributed by atoms with E-state index in [1.807, 2.05) is 11.7 Å². The summed E-state index contributed by atoms with van der Waals surface area (Å²) in [7, 11) is 4.20. The Kier molecular flexibility index (Phi) is 6.01. The van der Waals surface area contributed by atoms with Gasteiger partial charge in [0.2, 0.25) is 0 Å². The van der Waals surface area contributed by atoms with Crippen molar-refractivity contribution in [1.29, 1.82) is 0 Å². The Hall–Kier alpha value is -0.910. The van der Waals surface area contributed by atoms with Crippen molar-refractivity contribution in [1.82, 2.24) is 24.9 Å². The van der Waals surface area contributed by atoms with Gasteiger partial charge in [0.05, 0.1) is 5.69 Å². The standard InChI is InChI=1S/C15H29N5/c1-4-15-14(13-19(3)17-15)12-16-6-5-7-20-10-8-18(2)9-11-20/h13,16H,4-12H2,1-3H3. The van der Waals surface area contributed by atoms with Gasteiger partial charge in [0.1, 0.15) is 0 Å². The highest BCUT2D eigenvalue weighted by molar-refractivity contribution is 5.16. The third-order valence-electron chi connectivity index (χ3n) is 4.07. The Balaban J connectivity index is 1.59. The zero-order valence-corrected chi connectivity index (χ0v) is 13.2. The van der Waals surface area contributed by atoms with Gasteiger partial charge >= 0.3 is 0 Å². The van der Waals surface area contributed by atoms with Crippen LogP contribution in [0.4, 0.5) is 0 Å². The van der Waals surface area contributed by atoms with E-state index in [9.17, 15) is 0 Å². The number of rotatable bonds is 7. The first-order chi connectivity index (χ1) is 9.69. The maximum Gasteiger partial charge on any atom is 0.0666 e. The summed E-state index contributed by atoms with van der Waals surface area (Å²) in [5.41, 5.74) is 2.56. The van der Waals surface area contributed by atoms with Crippen molar-refractivity contribution in [2.24, 2.45) is 7.05 Å². The molecule has 1 N–H and O–H groups in total. The zero-order chi connectivity index (χ0) is 14.4. The van der Waals surface area contributed by atoms with Gasteiger partial charge in [-0.1, -0.05) is 6.92 Å². The predicted octanol–water partition coefficient (Wildman–Crippen LogP) is 0.710. The molecule has 0 bridgehead atoms. The Morgan fingerprint density at radius 2 is 1.95 bits per heavy atom. The highest BCUT2D eigenvalue weighted by Crippen LogP contribution is 2.06. The fraction of sp³-hybridized carbons (Fsp3) is 0.800. The van der Waals surface area contributed by atoms with E-state index in [0.717, 1.165) is 19.5 Å². The number of aryl methyl sites for hydroxylation is 2. The molecule has 2 rings (SSSR count). The molecule has 2 heterocycles. The van der Waals surface area contributed by atoms with Gasteiger partial charge in [0.15, 0.2) is 0 Å². The van der Waals surface area contributed by atoms with Crippen molar-refractivity contribution < 1.29 is 0 Å². The number of likely N-dealkylation sites (N-methyl/N-ethyl adjacent to an activating group) is 1. The molecule has 5 heteroatoms. The minimum Gasteiger partial charge on any atom is -0.312 e. The molecule has 0 atom stereocenters. The number of hydrogen-bond donors (Lipinski definition) is 1. The molecule has 1 aromatic rings. The van der Waals surface area contributed by atoms with Gasteiger partial charge in [-0.2, -0.15) is 5.10 Å². The van der Waals surface area contributed by atoms with E-state index in [1.54, 1.807) is 0 Å². The van der Waals surface area contributed by atoms with Crippen LogP contribution in [0.15, 0.2) is 6.20 Å². The van der Waals surface area contributed by atoms with Crippen LogP contribution in [0.3, 0.4) is 0 Å². The second kappa shape index (κ2) is 7.76. The van der Waals surface area contributed by atoms with Gasteiger partial charge < -0.3 is 15.1 Å². The molecule has 1 saturated heterocycles. The molecule has 0 unspecified atom stereocenters. The zero-order valence-electron chi connectivity index (χ0n) is 13.2. The third-order valence-corrected chi connectivity index (χ3v) is 4.07. The van der Waals surface area contributed by atoms with Crippen molar-refractivity contribution in [2.75, 3.05) is 46.3 Å². The van der Waals surface area contributed by atoms with Gasteiger partial charge in [-0.15, -0.1) is 0 Å². The van der Waals surface area contributed by atoms with Crippen molar-refractivity contribution in [3.63, 3.8) is 0 Å². The Morgan fingerprint density at radius 3 is 2.65 bits per heavy atom. The molecule has 0 aromatic carbocycles. The van der Waals surface area contributed by atoms with Crippen LogP contribution in [0.1, 0.15) is 24.6 Å². The first kappa shape index (κ1) is 15.5. The van der Waals surface area contributed by atoms with Crippen LogP contribution < -0.4 is 5.32 Å². The monoisotopic (exact) mass is 279 g/mol. The van der Waals surface area contributed by atoms with Crippen LogP contribution in [0.5, 0.6) is 0 Å². The molecule has 1 aromatic heterocycles. The van der Waals surface area contributed by atoms with E-state index >= 15 is 0 Å². The lowest BCUT2D eigenvalue weighted by atomic mass is 10.2. The highest BCUT2D eigenvalue weighted by atomic mass is 15.3. The minimum absolute atomic E-state index is 0.944. The van der Waals surface area contributed by atoms with Gasteiger partial charge in [-0.3, -0.25) is 4.68 Å². The summed E-state index contributed by atoms with van der Waals surface area (Å²) in [4.78, 5) is 4.98. The molecule has 5 nitrogen and oxygen atoms in total. The van der Waals surface area contributed by atoms with Crippen molar-refractivity contribution in [3.8, 4) is 0 Å². The number of piperazine rings is 1. The first-order valence-electron chi connectivity index (χ1n) is 7.82. The summed E-state index contributed by atoms with van der Waals surface area (Å²) < 4.78 is 1.92. The molecule has 0 amide bonds. The lowest BCUT2D eigenvalue weighted by molar-refractivity contribution is 0.153. The predicted molar refractivity (Wildman–Crippen MR) is 82.8 cm³/mol. The molecule has 0 aliphatic carbocycles. The second-order valence-corrected chi connectivity index (χ2v) is 5.80. The van der Waals surface area contributed by atoms with E-state index in [4.69, 9.17) is 0 Å². The van der Waals surface area contributed by atoms with E-state index in [-0.39, 0.29) is 0 Å². The van der Waals surface area contributed by atoms with Crippen molar-refractivity contribution in [2.45, 2.75) is 26.3 Å². The maximum atomic E-state index is 4.47. The molecule has 1 fully saturated rings.